The molecule has 0 bridgehead atoms. The third-order valence-corrected chi connectivity index (χ3v) is 3.90. The van der Waals surface area contributed by atoms with Gasteiger partial charge in [0, 0.05) is 12.8 Å². The van der Waals surface area contributed by atoms with E-state index in [2.05, 4.69) is 40.9 Å². The number of aromatic amines is 1. The van der Waals surface area contributed by atoms with Crippen LogP contribution in [0.25, 0.3) is 0 Å². The van der Waals surface area contributed by atoms with Gasteiger partial charge in [0.15, 0.2) is 5.82 Å². The molecule has 1 aliphatic rings. The topological polar surface area (TPSA) is 44.8 Å². The summed E-state index contributed by atoms with van der Waals surface area (Å²) in [4.78, 5) is 7.20. The Hall–Kier alpha value is -0.900. The highest BCUT2D eigenvalue weighted by Crippen LogP contribution is 2.20. The van der Waals surface area contributed by atoms with Gasteiger partial charge < -0.3 is 4.90 Å². The van der Waals surface area contributed by atoms with Crippen LogP contribution in [-0.2, 0) is 12.8 Å². The van der Waals surface area contributed by atoms with Gasteiger partial charge in [-0.05, 0) is 50.7 Å². The lowest BCUT2D eigenvalue weighted by Crippen LogP contribution is -2.34. The highest BCUT2D eigenvalue weighted by Gasteiger charge is 2.20. The van der Waals surface area contributed by atoms with Crippen LogP contribution in [0.3, 0.4) is 0 Å². The Morgan fingerprint density at radius 1 is 1.32 bits per heavy atom. The Kier molecular flexibility index (Phi) is 5.37. The molecule has 1 saturated heterocycles. The Bertz CT molecular complexity index is 364. The lowest BCUT2D eigenvalue weighted by molar-refractivity contribution is 0.183. The van der Waals surface area contributed by atoms with Crippen molar-refractivity contribution in [3.05, 3.63) is 11.6 Å². The first-order valence-electron chi connectivity index (χ1n) is 7.80. The summed E-state index contributed by atoms with van der Waals surface area (Å²) >= 11 is 0. The molecule has 1 fully saturated rings. The van der Waals surface area contributed by atoms with Crippen LogP contribution >= 0.6 is 0 Å². The zero-order valence-electron chi connectivity index (χ0n) is 12.7. The van der Waals surface area contributed by atoms with Gasteiger partial charge in [0.05, 0.1) is 0 Å². The number of nitrogens with zero attached hydrogens (tertiary/aromatic N) is 3. The first-order chi connectivity index (χ1) is 9.17. The van der Waals surface area contributed by atoms with Crippen LogP contribution in [0.2, 0.25) is 0 Å². The molecule has 1 aliphatic heterocycles. The predicted octanol–water partition coefficient (Wildman–Crippen LogP) is 2.67. The van der Waals surface area contributed by atoms with Crippen molar-refractivity contribution in [2.75, 3.05) is 19.6 Å². The maximum absolute atomic E-state index is 4.62. The first kappa shape index (κ1) is 14.5. The molecule has 1 aromatic rings. The minimum atomic E-state index is 0.637. The van der Waals surface area contributed by atoms with Crippen LogP contribution in [0, 0.1) is 11.8 Å². The number of aromatic nitrogens is 3. The van der Waals surface area contributed by atoms with Crippen molar-refractivity contribution in [2.24, 2.45) is 11.8 Å². The Morgan fingerprint density at radius 2 is 2.05 bits per heavy atom. The fourth-order valence-corrected chi connectivity index (χ4v) is 2.89. The zero-order valence-corrected chi connectivity index (χ0v) is 12.7. The highest BCUT2D eigenvalue weighted by molar-refractivity contribution is 4.93. The summed E-state index contributed by atoms with van der Waals surface area (Å²) in [6.07, 6.45) is 5.92. The summed E-state index contributed by atoms with van der Waals surface area (Å²) in [7, 11) is 0. The molecular formula is C15H28N4. The molecule has 0 amide bonds. The molecule has 4 nitrogen and oxygen atoms in total. The molecule has 0 saturated carbocycles. The number of H-pyrrole nitrogens is 1. The average Bonchev–Trinajstić information content (AvgIpc) is 2.78. The highest BCUT2D eigenvalue weighted by atomic mass is 15.2. The summed E-state index contributed by atoms with van der Waals surface area (Å²) < 4.78 is 0. The third kappa shape index (κ3) is 4.60. The van der Waals surface area contributed by atoms with E-state index < -0.39 is 0 Å². The van der Waals surface area contributed by atoms with Gasteiger partial charge >= 0.3 is 0 Å². The summed E-state index contributed by atoms with van der Waals surface area (Å²) in [6, 6.07) is 0. The summed E-state index contributed by atoms with van der Waals surface area (Å²) in [5.41, 5.74) is 0. The van der Waals surface area contributed by atoms with Crippen molar-refractivity contribution < 1.29 is 0 Å². The molecular weight excluding hydrogens is 236 g/mol. The Morgan fingerprint density at radius 3 is 2.68 bits per heavy atom. The van der Waals surface area contributed by atoms with E-state index in [1.54, 1.807) is 0 Å². The zero-order chi connectivity index (χ0) is 13.7. The van der Waals surface area contributed by atoms with E-state index in [1.807, 2.05) is 0 Å². The van der Waals surface area contributed by atoms with Gasteiger partial charge in [-0.3, -0.25) is 5.10 Å². The van der Waals surface area contributed by atoms with Crippen molar-refractivity contribution in [1.29, 1.82) is 0 Å². The van der Waals surface area contributed by atoms with Gasteiger partial charge in [0.25, 0.3) is 0 Å². The smallest absolute Gasteiger partial charge is 0.150 e. The van der Waals surface area contributed by atoms with Gasteiger partial charge in [-0.1, -0.05) is 20.8 Å². The van der Waals surface area contributed by atoms with Crippen molar-refractivity contribution in [3.8, 4) is 0 Å². The molecule has 4 heteroatoms. The SMILES string of the molecule is CCCN1CCC(Cc2n[nH]c(CC(C)C)n2)CC1. The van der Waals surface area contributed by atoms with Crippen LogP contribution in [-0.4, -0.2) is 39.7 Å². The second-order valence-electron chi connectivity index (χ2n) is 6.29. The van der Waals surface area contributed by atoms with E-state index in [0.717, 1.165) is 30.4 Å². The van der Waals surface area contributed by atoms with Gasteiger partial charge in [-0.25, -0.2) is 4.98 Å². The lowest BCUT2D eigenvalue weighted by atomic mass is 9.93. The number of likely N-dealkylation sites (tertiary alicyclic amines) is 1. The van der Waals surface area contributed by atoms with Crippen LogP contribution in [0.1, 0.15) is 51.7 Å². The first-order valence-corrected chi connectivity index (χ1v) is 7.80. The largest absolute Gasteiger partial charge is 0.303 e. The van der Waals surface area contributed by atoms with E-state index in [-0.39, 0.29) is 0 Å². The van der Waals surface area contributed by atoms with Crippen LogP contribution in [0.15, 0.2) is 0 Å². The van der Waals surface area contributed by atoms with Crippen LogP contribution < -0.4 is 0 Å². The molecule has 0 unspecified atom stereocenters. The fraction of sp³-hybridized carbons (Fsp3) is 0.867. The lowest BCUT2D eigenvalue weighted by Gasteiger charge is -2.31. The molecule has 0 radical (unpaired) electrons. The number of hydrogen-bond donors (Lipinski definition) is 1. The standard InChI is InChI=1S/C15H28N4/c1-4-7-19-8-5-13(6-9-19)11-15-16-14(17-18-15)10-12(2)3/h12-13H,4-11H2,1-3H3,(H,16,17,18). The van der Waals surface area contributed by atoms with Crippen molar-refractivity contribution in [1.82, 2.24) is 20.1 Å². The summed E-state index contributed by atoms with van der Waals surface area (Å²) in [6.45, 7) is 10.4. The normalized spacial score (nSPS) is 18.3. The van der Waals surface area contributed by atoms with Gasteiger partial charge in [-0.2, -0.15) is 5.10 Å². The van der Waals surface area contributed by atoms with E-state index >= 15 is 0 Å². The number of piperidine rings is 1. The molecule has 108 valence electrons. The molecule has 2 rings (SSSR count). The van der Waals surface area contributed by atoms with E-state index in [4.69, 9.17) is 0 Å². The maximum Gasteiger partial charge on any atom is 0.150 e. The van der Waals surface area contributed by atoms with Crippen molar-refractivity contribution >= 4 is 0 Å². The minimum Gasteiger partial charge on any atom is -0.303 e. The van der Waals surface area contributed by atoms with E-state index in [1.165, 1.54) is 38.9 Å². The Balaban J connectivity index is 1.77. The van der Waals surface area contributed by atoms with Crippen molar-refractivity contribution in [3.63, 3.8) is 0 Å². The second kappa shape index (κ2) is 7.04. The maximum atomic E-state index is 4.62. The van der Waals surface area contributed by atoms with Gasteiger partial charge in [0.2, 0.25) is 0 Å². The molecule has 1 N–H and O–H groups in total. The molecule has 0 atom stereocenters. The van der Waals surface area contributed by atoms with Crippen LogP contribution in [0.4, 0.5) is 0 Å². The molecule has 1 aromatic heterocycles. The molecule has 2 heterocycles. The number of nitrogens with one attached hydrogen (secondary N) is 1. The molecule has 0 aliphatic carbocycles. The summed E-state index contributed by atoms with van der Waals surface area (Å²) in [5, 5.41) is 7.45. The monoisotopic (exact) mass is 264 g/mol. The second-order valence-corrected chi connectivity index (χ2v) is 6.29. The molecule has 0 spiro atoms. The predicted molar refractivity (Wildman–Crippen MR) is 78.1 cm³/mol. The quantitative estimate of drug-likeness (QED) is 0.859. The summed E-state index contributed by atoms with van der Waals surface area (Å²) in [5.74, 6) is 3.48. The molecule has 19 heavy (non-hydrogen) atoms. The van der Waals surface area contributed by atoms with E-state index in [9.17, 15) is 0 Å². The number of rotatable bonds is 6. The molecule has 0 aromatic carbocycles. The Labute approximate surface area is 117 Å². The van der Waals surface area contributed by atoms with Gasteiger partial charge in [0.1, 0.15) is 5.82 Å². The van der Waals surface area contributed by atoms with E-state index in [0.29, 0.717) is 5.92 Å². The third-order valence-electron chi connectivity index (χ3n) is 3.90. The number of hydrogen-bond acceptors (Lipinski definition) is 3. The van der Waals surface area contributed by atoms with Crippen molar-refractivity contribution in [2.45, 2.75) is 52.9 Å². The average molecular weight is 264 g/mol. The van der Waals surface area contributed by atoms with Gasteiger partial charge in [-0.15, -0.1) is 0 Å². The van der Waals surface area contributed by atoms with Crippen LogP contribution in [0.5, 0.6) is 0 Å². The fourth-order valence-electron chi connectivity index (χ4n) is 2.89. The minimum absolute atomic E-state index is 0.637.